The molecule has 3 atom stereocenters. The van der Waals surface area contributed by atoms with E-state index in [1.54, 1.807) is 0 Å². The molecule has 3 fully saturated rings. The molecular weight excluding hydrogens is 556 g/mol. The summed E-state index contributed by atoms with van der Waals surface area (Å²) in [6.07, 6.45) is 3.96. The molecule has 0 amide bonds. The molecule has 0 bridgehead atoms. The third kappa shape index (κ3) is 11.0. The van der Waals surface area contributed by atoms with Crippen LogP contribution < -0.4 is 10.6 Å². The average molecular weight is 621 g/mol. The lowest BCUT2D eigenvalue weighted by Crippen LogP contribution is -2.60. The maximum absolute atomic E-state index is 13.7. The van der Waals surface area contributed by atoms with E-state index in [4.69, 9.17) is 14.2 Å². The average Bonchev–Trinajstić information content (AvgIpc) is 2.79. The predicted molar refractivity (Wildman–Crippen MR) is 174 cm³/mol. The van der Waals surface area contributed by atoms with Crippen LogP contribution in [0.15, 0.2) is 0 Å². The smallest absolute Gasteiger partial charge is 0.310 e. The first-order chi connectivity index (χ1) is 19.8. The number of hydrogen-bond acceptors (Lipinski definition) is 8. The zero-order chi connectivity index (χ0) is 33.5. The summed E-state index contributed by atoms with van der Waals surface area (Å²) >= 11 is 0. The van der Waals surface area contributed by atoms with E-state index in [9.17, 15) is 14.4 Å². The summed E-state index contributed by atoms with van der Waals surface area (Å²) < 4.78 is 18.1. The Bertz CT molecular complexity index is 1030. The lowest BCUT2D eigenvalue weighted by Gasteiger charge is -2.46. The molecule has 3 rings (SSSR count). The van der Waals surface area contributed by atoms with Crippen molar-refractivity contribution in [1.29, 1.82) is 0 Å². The molecule has 0 radical (unpaired) electrons. The second-order valence-electron chi connectivity index (χ2n) is 18.7. The SMILES string of the molecule is C[C@H]1CC(C)(C)CC(OC(=O)CC(CC(=O)OC2CC(C)(C)NC(C)(C)C2)C(=O)OC2CC(C)(C)NC(C)(C)C2)CC1(C)C. The fraction of sp³-hybridized carbons (Fsp3) is 0.917. The maximum Gasteiger partial charge on any atom is 0.310 e. The number of hydrogen-bond donors (Lipinski definition) is 2. The minimum atomic E-state index is -0.968. The molecule has 2 heterocycles. The minimum absolute atomic E-state index is 0.0197. The molecule has 1 aliphatic carbocycles. The number of piperidine rings is 2. The Morgan fingerprint density at radius 1 is 0.568 bits per heavy atom. The largest absolute Gasteiger partial charge is 0.462 e. The highest BCUT2D eigenvalue weighted by Crippen LogP contribution is 2.47. The van der Waals surface area contributed by atoms with E-state index in [1.807, 2.05) is 0 Å². The van der Waals surface area contributed by atoms with Gasteiger partial charge in [0, 0.05) is 47.8 Å². The molecule has 0 spiro atoms. The van der Waals surface area contributed by atoms with Crippen LogP contribution in [0.1, 0.15) is 148 Å². The van der Waals surface area contributed by atoms with Crippen LogP contribution in [0.25, 0.3) is 0 Å². The van der Waals surface area contributed by atoms with Gasteiger partial charge in [0.05, 0.1) is 18.8 Å². The molecule has 254 valence electrons. The molecule has 0 aromatic carbocycles. The van der Waals surface area contributed by atoms with Crippen molar-refractivity contribution in [1.82, 2.24) is 10.6 Å². The van der Waals surface area contributed by atoms with Gasteiger partial charge in [-0.05, 0) is 91.4 Å². The predicted octanol–water partition coefficient (Wildman–Crippen LogP) is 6.87. The van der Waals surface area contributed by atoms with Crippen molar-refractivity contribution in [2.75, 3.05) is 0 Å². The molecule has 1 saturated carbocycles. The van der Waals surface area contributed by atoms with E-state index >= 15 is 0 Å². The topological polar surface area (TPSA) is 103 Å². The van der Waals surface area contributed by atoms with Gasteiger partial charge in [-0.2, -0.15) is 0 Å². The van der Waals surface area contributed by atoms with E-state index in [0.717, 1.165) is 19.3 Å². The molecule has 0 aromatic rings. The Hall–Kier alpha value is -1.67. The molecule has 3 aliphatic rings. The van der Waals surface area contributed by atoms with Crippen molar-refractivity contribution in [2.24, 2.45) is 22.7 Å². The fourth-order valence-electron chi connectivity index (χ4n) is 8.74. The van der Waals surface area contributed by atoms with Gasteiger partial charge < -0.3 is 24.8 Å². The number of carbonyl (C=O) groups is 3. The van der Waals surface area contributed by atoms with E-state index in [1.165, 1.54) is 0 Å². The van der Waals surface area contributed by atoms with Crippen LogP contribution in [-0.4, -0.2) is 58.4 Å². The van der Waals surface area contributed by atoms with Crippen molar-refractivity contribution < 1.29 is 28.6 Å². The van der Waals surface area contributed by atoms with Crippen LogP contribution in [0.5, 0.6) is 0 Å². The zero-order valence-corrected chi connectivity index (χ0v) is 30.2. The lowest BCUT2D eigenvalue weighted by atomic mass is 9.73. The van der Waals surface area contributed by atoms with Crippen molar-refractivity contribution in [2.45, 2.75) is 188 Å². The monoisotopic (exact) mass is 620 g/mol. The van der Waals surface area contributed by atoms with Gasteiger partial charge in [-0.25, -0.2) is 0 Å². The summed E-state index contributed by atoms with van der Waals surface area (Å²) in [4.78, 5) is 40.6. The Balaban J connectivity index is 1.75. The third-order valence-electron chi connectivity index (χ3n) is 10.1. The lowest BCUT2D eigenvalue weighted by molar-refractivity contribution is -0.169. The van der Waals surface area contributed by atoms with Crippen LogP contribution in [0.4, 0.5) is 0 Å². The van der Waals surface area contributed by atoms with Crippen LogP contribution in [-0.2, 0) is 28.6 Å². The summed E-state index contributed by atoms with van der Waals surface area (Å²) in [6, 6.07) is 0. The number of rotatable bonds is 8. The van der Waals surface area contributed by atoms with Gasteiger partial charge in [0.1, 0.15) is 18.3 Å². The number of nitrogens with one attached hydrogen (secondary N) is 2. The van der Waals surface area contributed by atoms with Crippen molar-refractivity contribution in [3.05, 3.63) is 0 Å². The Morgan fingerprint density at radius 2 is 0.932 bits per heavy atom. The Labute approximate surface area is 267 Å². The van der Waals surface area contributed by atoms with Crippen molar-refractivity contribution >= 4 is 17.9 Å². The summed E-state index contributed by atoms with van der Waals surface area (Å²) in [5, 5.41) is 7.21. The number of ether oxygens (including phenoxy) is 3. The second kappa shape index (κ2) is 12.8. The van der Waals surface area contributed by atoms with Gasteiger partial charge in [0.25, 0.3) is 0 Å². The van der Waals surface area contributed by atoms with Crippen LogP contribution in [0.2, 0.25) is 0 Å². The molecule has 8 heteroatoms. The highest BCUT2D eigenvalue weighted by atomic mass is 16.6. The van der Waals surface area contributed by atoms with E-state index in [2.05, 4.69) is 101 Å². The summed E-state index contributed by atoms with van der Waals surface area (Å²) in [5.74, 6) is -1.94. The second-order valence-corrected chi connectivity index (χ2v) is 18.7. The van der Waals surface area contributed by atoms with Gasteiger partial charge in [-0.3, -0.25) is 14.4 Å². The summed E-state index contributed by atoms with van der Waals surface area (Å²) in [7, 11) is 0. The first kappa shape index (κ1) is 36.8. The highest BCUT2D eigenvalue weighted by Gasteiger charge is 2.44. The molecule has 2 saturated heterocycles. The summed E-state index contributed by atoms with van der Waals surface area (Å²) in [5.41, 5.74) is -0.768. The maximum atomic E-state index is 13.7. The van der Waals surface area contributed by atoms with Gasteiger partial charge in [0.15, 0.2) is 0 Å². The molecule has 2 unspecified atom stereocenters. The first-order valence-corrected chi connectivity index (χ1v) is 16.9. The molecule has 0 aromatic heterocycles. The Morgan fingerprint density at radius 3 is 1.34 bits per heavy atom. The quantitative estimate of drug-likeness (QED) is 0.172. The number of esters is 3. The van der Waals surface area contributed by atoms with Gasteiger partial charge >= 0.3 is 17.9 Å². The van der Waals surface area contributed by atoms with E-state index in [0.29, 0.717) is 31.6 Å². The van der Waals surface area contributed by atoms with Gasteiger partial charge in [-0.15, -0.1) is 0 Å². The summed E-state index contributed by atoms with van der Waals surface area (Å²) in [6.45, 7) is 28.0. The molecule has 2 aliphatic heterocycles. The molecule has 44 heavy (non-hydrogen) atoms. The molecule has 2 N–H and O–H groups in total. The van der Waals surface area contributed by atoms with E-state index in [-0.39, 0.29) is 64.1 Å². The van der Waals surface area contributed by atoms with Crippen LogP contribution in [0.3, 0.4) is 0 Å². The normalized spacial score (nSPS) is 29.9. The highest BCUT2D eigenvalue weighted by molar-refractivity contribution is 5.84. The van der Waals surface area contributed by atoms with Crippen molar-refractivity contribution in [3.8, 4) is 0 Å². The van der Waals surface area contributed by atoms with Crippen molar-refractivity contribution in [3.63, 3.8) is 0 Å². The van der Waals surface area contributed by atoms with Crippen LogP contribution >= 0.6 is 0 Å². The molecular formula is C36H64N2O6. The standard InChI is InChI=1S/C36H64N2O6/c1-23-16-31(2,3)17-25(18-32(23,4)5)42-28(39)14-24(30(41)44-27-21-35(10,11)38-36(12,13)22-27)15-29(40)43-26-19-33(6,7)37-34(8,9)20-26/h23-27,37-38H,14-22H2,1-13H3/t23-,24?,25?/m0/s1. The van der Waals surface area contributed by atoms with Gasteiger partial charge in [0.2, 0.25) is 0 Å². The van der Waals surface area contributed by atoms with E-state index < -0.39 is 23.8 Å². The van der Waals surface area contributed by atoms with Crippen LogP contribution in [0, 0.1) is 22.7 Å². The first-order valence-electron chi connectivity index (χ1n) is 16.9. The Kier molecular flexibility index (Phi) is 10.7. The fourth-order valence-corrected chi connectivity index (χ4v) is 8.74. The number of carbonyl (C=O) groups excluding carboxylic acids is 3. The minimum Gasteiger partial charge on any atom is -0.462 e. The zero-order valence-electron chi connectivity index (χ0n) is 30.2. The third-order valence-corrected chi connectivity index (χ3v) is 10.1. The van der Waals surface area contributed by atoms with Gasteiger partial charge in [-0.1, -0.05) is 34.6 Å². The molecule has 8 nitrogen and oxygen atoms in total.